The standard InChI is InChI=1S/C20H26N4OS/c1-14(19(25)21-16-12-13-16)26-20-22-18(15-8-4-2-5-9-15)24(23-20)17-10-6-3-7-11-17/h3,6-7,10-11,14-16H,2,4-5,8-9,12-13H2,1H3,(H,21,25)/t14-/m1/s1. The predicted molar refractivity (Wildman–Crippen MR) is 104 cm³/mol. The van der Waals surface area contributed by atoms with E-state index in [-0.39, 0.29) is 11.2 Å². The highest BCUT2D eigenvalue weighted by molar-refractivity contribution is 8.00. The van der Waals surface area contributed by atoms with Gasteiger partial charge >= 0.3 is 0 Å². The van der Waals surface area contributed by atoms with Crippen LogP contribution in [0.25, 0.3) is 5.69 Å². The topological polar surface area (TPSA) is 59.8 Å². The predicted octanol–water partition coefficient (Wildman–Crippen LogP) is 4.07. The summed E-state index contributed by atoms with van der Waals surface area (Å²) in [7, 11) is 0. The second kappa shape index (κ2) is 7.82. The molecule has 0 bridgehead atoms. The number of thioether (sulfide) groups is 1. The van der Waals surface area contributed by atoms with Crippen molar-refractivity contribution >= 4 is 17.7 Å². The molecule has 5 nitrogen and oxygen atoms in total. The molecule has 1 atom stereocenters. The highest BCUT2D eigenvalue weighted by atomic mass is 32.2. The first kappa shape index (κ1) is 17.6. The van der Waals surface area contributed by atoms with Gasteiger partial charge in [-0.3, -0.25) is 4.79 Å². The van der Waals surface area contributed by atoms with E-state index >= 15 is 0 Å². The summed E-state index contributed by atoms with van der Waals surface area (Å²) >= 11 is 1.46. The first-order valence-corrected chi connectivity index (χ1v) is 10.6. The van der Waals surface area contributed by atoms with Gasteiger partial charge in [0.05, 0.1) is 10.9 Å². The summed E-state index contributed by atoms with van der Waals surface area (Å²) in [5, 5.41) is 8.35. The van der Waals surface area contributed by atoms with Crippen LogP contribution in [0.4, 0.5) is 0 Å². The Morgan fingerprint density at radius 1 is 1.15 bits per heavy atom. The number of benzene rings is 1. The molecule has 1 N–H and O–H groups in total. The lowest BCUT2D eigenvalue weighted by Gasteiger charge is -2.21. The van der Waals surface area contributed by atoms with Gasteiger partial charge in [0.2, 0.25) is 11.1 Å². The van der Waals surface area contributed by atoms with Crippen molar-refractivity contribution in [3.8, 4) is 5.69 Å². The number of para-hydroxylation sites is 1. The lowest BCUT2D eigenvalue weighted by atomic mass is 9.88. The van der Waals surface area contributed by atoms with Crippen LogP contribution in [0.3, 0.4) is 0 Å². The summed E-state index contributed by atoms with van der Waals surface area (Å²) in [6, 6.07) is 10.6. The van der Waals surface area contributed by atoms with Gasteiger partial charge in [-0.1, -0.05) is 49.2 Å². The third-order valence-corrected chi connectivity index (χ3v) is 6.11. The summed E-state index contributed by atoms with van der Waals surface area (Å²) in [4.78, 5) is 17.1. The van der Waals surface area contributed by atoms with Crippen LogP contribution in [0, 0.1) is 0 Å². The molecule has 138 valence electrons. The van der Waals surface area contributed by atoms with Gasteiger partial charge in [-0.25, -0.2) is 9.67 Å². The summed E-state index contributed by atoms with van der Waals surface area (Å²) in [5.74, 6) is 1.60. The van der Waals surface area contributed by atoms with E-state index in [9.17, 15) is 4.79 Å². The zero-order chi connectivity index (χ0) is 17.9. The molecule has 0 aliphatic heterocycles. The molecule has 0 unspecified atom stereocenters. The van der Waals surface area contributed by atoms with E-state index in [1.165, 1.54) is 43.9 Å². The molecule has 4 rings (SSSR count). The van der Waals surface area contributed by atoms with Crippen molar-refractivity contribution in [2.24, 2.45) is 0 Å². The minimum Gasteiger partial charge on any atom is -0.352 e. The van der Waals surface area contributed by atoms with Gasteiger partial charge in [0, 0.05) is 12.0 Å². The van der Waals surface area contributed by atoms with Gasteiger partial charge in [0.1, 0.15) is 5.82 Å². The first-order valence-electron chi connectivity index (χ1n) is 9.70. The normalized spacial score (nSPS) is 19.3. The van der Waals surface area contributed by atoms with Crippen molar-refractivity contribution in [3.05, 3.63) is 36.2 Å². The number of aromatic nitrogens is 3. The molecule has 26 heavy (non-hydrogen) atoms. The zero-order valence-electron chi connectivity index (χ0n) is 15.2. The summed E-state index contributed by atoms with van der Waals surface area (Å²) in [6.07, 6.45) is 8.40. The van der Waals surface area contributed by atoms with Crippen LogP contribution in [0.2, 0.25) is 0 Å². The smallest absolute Gasteiger partial charge is 0.233 e. The van der Waals surface area contributed by atoms with Crippen LogP contribution in [0.5, 0.6) is 0 Å². The average Bonchev–Trinajstić information content (AvgIpc) is 3.39. The van der Waals surface area contributed by atoms with Crippen LogP contribution in [-0.2, 0) is 4.79 Å². The van der Waals surface area contributed by atoms with Gasteiger partial charge in [-0.05, 0) is 44.7 Å². The van der Waals surface area contributed by atoms with E-state index in [1.54, 1.807) is 0 Å². The molecule has 2 aromatic rings. The van der Waals surface area contributed by atoms with E-state index in [1.807, 2.05) is 29.8 Å². The Morgan fingerprint density at radius 3 is 2.58 bits per heavy atom. The van der Waals surface area contributed by atoms with E-state index in [4.69, 9.17) is 10.1 Å². The molecule has 2 aliphatic rings. The van der Waals surface area contributed by atoms with E-state index < -0.39 is 0 Å². The van der Waals surface area contributed by atoms with Crippen molar-refractivity contribution in [1.82, 2.24) is 20.1 Å². The molecule has 0 spiro atoms. The minimum atomic E-state index is -0.179. The summed E-state index contributed by atoms with van der Waals surface area (Å²) < 4.78 is 1.99. The third-order valence-electron chi connectivity index (χ3n) is 5.16. The first-order chi connectivity index (χ1) is 12.7. The van der Waals surface area contributed by atoms with Crippen molar-refractivity contribution in [3.63, 3.8) is 0 Å². The van der Waals surface area contributed by atoms with Crippen molar-refractivity contribution in [2.75, 3.05) is 0 Å². The lowest BCUT2D eigenvalue weighted by molar-refractivity contribution is -0.120. The molecule has 6 heteroatoms. The highest BCUT2D eigenvalue weighted by Gasteiger charge is 2.28. The molecule has 0 radical (unpaired) electrons. The minimum absolute atomic E-state index is 0.0905. The summed E-state index contributed by atoms with van der Waals surface area (Å²) in [6.45, 7) is 1.94. The lowest BCUT2D eigenvalue weighted by Crippen LogP contribution is -2.32. The Morgan fingerprint density at radius 2 is 1.88 bits per heavy atom. The molecule has 1 aromatic carbocycles. The maximum atomic E-state index is 12.3. The molecular formula is C20H26N4OS. The molecule has 1 aromatic heterocycles. The Balaban J connectivity index is 1.56. The second-order valence-electron chi connectivity index (χ2n) is 7.38. The van der Waals surface area contributed by atoms with E-state index in [0.29, 0.717) is 17.1 Å². The fourth-order valence-corrected chi connectivity index (χ4v) is 4.26. The number of nitrogens with one attached hydrogen (secondary N) is 1. The van der Waals surface area contributed by atoms with Crippen LogP contribution in [-0.4, -0.2) is 32.0 Å². The van der Waals surface area contributed by atoms with Gasteiger partial charge in [0.25, 0.3) is 0 Å². The zero-order valence-corrected chi connectivity index (χ0v) is 16.0. The maximum Gasteiger partial charge on any atom is 0.233 e. The largest absolute Gasteiger partial charge is 0.352 e. The van der Waals surface area contributed by atoms with Gasteiger partial charge in [0.15, 0.2) is 0 Å². The van der Waals surface area contributed by atoms with E-state index in [2.05, 4.69) is 17.4 Å². The fourth-order valence-electron chi connectivity index (χ4n) is 3.50. The number of rotatable bonds is 6. The average molecular weight is 371 g/mol. The number of amides is 1. The number of carbonyl (C=O) groups is 1. The molecule has 2 fully saturated rings. The molecule has 2 aliphatic carbocycles. The van der Waals surface area contributed by atoms with Gasteiger partial charge in [-0.2, -0.15) is 0 Å². The fraction of sp³-hybridized carbons (Fsp3) is 0.550. The van der Waals surface area contributed by atoms with Crippen LogP contribution in [0.15, 0.2) is 35.5 Å². The monoisotopic (exact) mass is 370 g/mol. The van der Waals surface area contributed by atoms with Gasteiger partial charge < -0.3 is 5.32 Å². The van der Waals surface area contributed by atoms with Crippen molar-refractivity contribution in [2.45, 2.75) is 74.2 Å². The Kier molecular flexibility index (Phi) is 5.29. The summed E-state index contributed by atoms with van der Waals surface area (Å²) in [5.41, 5.74) is 1.04. The Hall–Kier alpha value is -1.82. The number of hydrogen-bond donors (Lipinski definition) is 1. The quantitative estimate of drug-likeness (QED) is 0.779. The SMILES string of the molecule is C[C@@H](Sc1nc(C2CCCCC2)n(-c2ccccc2)n1)C(=O)NC1CC1. The van der Waals surface area contributed by atoms with E-state index in [0.717, 1.165) is 24.4 Å². The number of nitrogens with zero attached hydrogens (tertiary/aromatic N) is 3. The van der Waals surface area contributed by atoms with Gasteiger partial charge in [-0.15, -0.1) is 5.10 Å². The second-order valence-corrected chi connectivity index (χ2v) is 8.69. The Labute approximate surface area is 159 Å². The van der Waals surface area contributed by atoms with Crippen molar-refractivity contribution in [1.29, 1.82) is 0 Å². The van der Waals surface area contributed by atoms with Crippen LogP contribution < -0.4 is 5.32 Å². The van der Waals surface area contributed by atoms with Crippen LogP contribution in [0.1, 0.15) is 63.6 Å². The molecule has 1 amide bonds. The molecule has 1 heterocycles. The third kappa shape index (κ3) is 4.11. The Bertz CT molecular complexity index is 750. The number of hydrogen-bond acceptors (Lipinski definition) is 4. The number of carbonyl (C=O) groups excluding carboxylic acids is 1. The maximum absolute atomic E-state index is 12.3. The van der Waals surface area contributed by atoms with Crippen molar-refractivity contribution < 1.29 is 4.79 Å². The molecule has 0 saturated heterocycles. The van der Waals surface area contributed by atoms with Crippen LogP contribution >= 0.6 is 11.8 Å². The highest BCUT2D eigenvalue weighted by Crippen LogP contribution is 2.34. The molecular weight excluding hydrogens is 344 g/mol. The molecule has 2 saturated carbocycles.